The number of anilines is 1. The minimum atomic E-state index is -0.762. The van der Waals surface area contributed by atoms with Crippen LogP contribution >= 0.6 is 0 Å². The topological polar surface area (TPSA) is 87.4 Å². The molecule has 0 saturated carbocycles. The first-order valence-electron chi connectivity index (χ1n) is 8.25. The highest BCUT2D eigenvalue weighted by molar-refractivity contribution is 6.03. The first kappa shape index (κ1) is 19.4. The Morgan fingerprint density at radius 3 is 2.61 bits per heavy atom. The van der Waals surface area contributed by atoms with Crippen LogP contribution in [-0.4, -0.2) is 39.5 Å². The maximum Gasteiger partial charge on any atom is 0.355 e. The molecular formula is C19H18FNO7. The molecule has 0 radical (unpaired) electrons. The summed E-state index contributed by atoms with van der Waals surface area (Å²) in [5, 5.41) is 0. The van der Waals surface area contributed by atoms with Gasteiger partial charge in [0.15, 0.2) is 11.6 Å². The number of carbonyl (C=O) groups excluding carboxylic acids is 2. The Kier molecular flexibility index (Phi) is 5.95. The van der Waals surface area contributed by atoms with Crippen molar-refractivity contribution in [2.75, 3.05) is 32.5 Å². The van der Waals surface area contributed by atoms with Crippen LogP contribution in [0.2, 0.25) is 0 Å². The van der Waals surface area contributed by atoms with Gasteiger partial charge >= 0.3 is 11.9 Å². The Bertz CT molecular complexity index is 892. The number of hydrogen-bond donors (Lipinski definition) is 0. The predicted octanol–water partition coefficient (Wildman–Crippen LogP) is 2.39. The molecule has 0 N–H and O–H groups in total. The van der Waals surface area contributed by atoms with Gasteiger partial charge in [0.2, 0.25) is 0 Å². The molecule has 0 aliphatic carbocycles. The molecule has 1 aliphatic heterocycles. The molecule has 0 spiro atoms. The van der Waals surface area contributed by atoms with Gasteiger partial charge in [0.05, 0.1) is 32.7 Å². The molecule has 8 nitrogen and oxygen atoms in total. The molecule has 0 fully saturated rings. The van der Waals surface area contributed by atoms with Crippen molar-refractivity contribution < 1.29 is 37.3 Å². The van der Waals surface area contributed by atoms with Crippen molar-refractivity contribution in [2.45, 2.75) is 6.61 Å². The normalized spacial score (nSPS) is 14.0. The number of benzene rings is 1. The number of carbonyl (C=O) groups is 2. The van der Waals surface area contributed by atoms with Gasteiger partial charge in [-0.05, 0) is 24.3 Å². The van der Waals surface area contributed by atoms with Crippen molar-refractivity contribution in [1.29, 1.82) is 0 Å². The molecule has 1 aliphatic rings. The van der Waals surface area contributed by atoms with Crippen LogP contribution in [0.25, 0.3) is 0 Å². The molecule has 9 heteroatoms. The van der Waals surface area contributed by atoms with Crippen molar-refractivity contribution in [1.82, 2.24) is 0 Å². The van der Waals surface area contributed by atoms with Gasteiger partial charge in [0.1, 0.15) is 24.8 Å². The number of esters is 2. The average Bonchev–Trinajstić information content (AvgIpc) is 3.24. The van der Waals surface area contributed by atoms with Crippen molar-refractivity contribution in [3.05, 3.63) is 59.4 Å². The monoisotopic (exact) mass is 391 g/mol. The lowest BCUT2D eigenvalue weighted by Gasteiger charge is -2.31. The predicted molar refractivity (Wildman–Crippen MR) is 93.8 cm³/mol. The zero-order valence-corrected chi connectivity index (χ0v) is 15.3. The highest BCUT2D eigenvalue weighted by Gasteiger charge is 2.32. The van der Waals surface area contributed by atoms with E-state index >= 15 is 0 Å². The summed E-state index contributed by atoms with van der Waals surface area (Å²) in [6.45, 7) is -0.132. The number of rotatable bonds is 6. The lowest BCUT2D eigenvalue weighted by atomic mass is 10.1. The van der Waals surface area contributed by atoms with E-state index in [4.69, 9.17) is 23.4 Å². The number of hydrogen-bond acceptors (Lipinski definition) is 8. The van der Waals surface area contributed by atoms with Gasteiger partial charge in [-0.1, -0.05) is 0 Å². The summed E-state index contributed by atoms with van der Waals surface area (Å²) in [4.78, 5) is 25.6. The Hall–Kier alpha value is -3.33. The third-order valence-corrected chi connectivity index (χ3v) is 4.01. The van der Waals surface area contributed by atoms with Crippen LogP contribution in [0.3, 0.4) is 0 Å². The van der Waals surface area contributed by atoms with E-state index in [0.717, 1.165) is 0 Å². The molecule has 0 atom stereocenters. The van der Waals surface area contributed by atoms with Crippen LogP contribution in [-0.2, 0) is 30.4 Å². The van der Waals surface area contributed by atoms with Crippen molar-refractivity contribution >= 4 is 17.6 Å². The summed E-state index contributed by atoms with van der Waals surface area (Å²) in [6.07, 6.45) is 1.49. The molecule has 2 aromatic rings. The van der Waals surface area contributed by atoms with Crippen LogP contribution in [0.4, 0.5) is 10.1 Å². The Labute approximate surface area is 160 Å². The highest BCUT2D eigenvalue weighted by Crippen LogP contribution is 2.30. The second-order valence-corrected chi connectivity index (χ2v) is 5.70. The fraction of sp³-hybridized carbons (Fsp3) is 0.263. The van der Waals surface area contributed by atoms with E-state index in [1.165, 1.54) is 43.6 Å². The molecule has 148 valence electrons. The molecule has 0 unspecified atom stereocenters. The summed E-state index contributed by atoms with van der Waals surface area (Å²) in [5.74, 6) is -1.59. The smallest absolute Gasteiger partial charge is 0.355 e. The molecule has 0 saturated heterocycles. The van der Waals surface area contributed by atoms with Crippen molar-refractivity contribution in [3.8, 4) is 5.75 Å². The Balaban J connectivity index is 1.89. The van der Waals surface area contributed by atoms with E-state index < -0.39 is 17.8 Å². The van der Waals surface area contributed by atoms with Gasteiger partial charge in [0.25, 0.3) is 0 Å². The third kappa shape index (κ3) is 3.99. The SMILES string of the molecule is COC(=O)C1=C(C(=O)OC)N(c2ccc(OCc3ccco3)c(F)c2)COC1. The van der Waals surface area contributed by atoms with E-state index in [9.17, 15) is 14.0 Å². The first-order valence-corrected chi connectivity index (χ1v) is 8.25. The quantitative estimate of drug-likeness (QED) is 0.694. The first-order chi connectivity index (χ1) is 13.5. The van der Waals surface area contributed by atoms with E-state index in [1.54, 1.807) is 12.1 Å². The molecule has 1 aromatic heterocycles. The summed E-state index contributed by atoms with van der Waals surface area (Å²) >= 11 is 0. The van der Waals surface area contributed by atoms with Crippen LogP contribution < -0.4 is 9.64 Å². The molecule has 3 rings (SSSR count). The van der Waals surface area contributed by atoms with Crippen LogP contribution in [0.15, 0.2) is 52.3 Å². The highest BCUT2D eigenvalue weighted by atomic mass is 19.1. The Morgan fingerprint density at radius 1 is 1.18 bits per heavy atom. The minimum absolute atomic E-state index is 0.00914. The fourth-order valence-electron chi connectivity index (χ4n) is 2.67. The van der Waals surface area contributed by atoms with E-state index in [2.05, 4.69) is 0 Å². The summed E-state index contributed by atoms with van der Waals surface area (Å²) in [6, 6.07) is 7.53. The van der Waals surface area contributed by atoms with Crippen LogP contribution in [0.1, 0.15) is 5.76 Å². The summed E-state index contributed by atoms with van der Waals surface area (Å²) in [5.41, 5.74) is 0.202. The van der Waals surface area contributed by atoms with Gasteiger partial charge in [-0.3, -0.25) is 0 Å². The molecule has 0 amide bonds. The Morgan fingerprint density at radius 2 is 1.96 bits per heavy atom. The maximum absolute atomic E-state index is 14.5. The van der Waals surface area contributed by atoms with Crippen LogP contribution in [0.5, 0.6) is 5.75 Å². The summed E-state index contributed by atoms with van der Waals surface area (Å²) in [7, 11) is 2.37. The standard InChI is InChI=1S/C19H18FNO7/c1-24-18(22)14-10-26-11-21(17(14)19(23)25-2)12-5-6-16(15(20)8-12)28-9-13-4-3-7-27-13/h3-8H,9-11H2,1-2H3. The largest absolute Gasteiger partial charge is 0.483 e. The number of furan rings is 1. The zero-order chi connectivity index (χ0) is 20.1. The van der Waals surface area contributed by atoms with E-state index in [-0.39, 0.29) is 42.7 Å². The number of methoxy groups -OCH3 is 2. The van der Waals surface area contributed by atoms with Gasteiger partial charge in [0, 0.05) is 11.8 Å². The van der Waals surface area contributed by atoms with Gasteiger partial charge in [-0.15, -0.1) is 0 Å². The van der Waals surface area contributed by atoms with Crippen molar-refractivity contribution in [2.24, 2.45) is 0 Å². The van der Waals surface area contributed by atoms with E-state index in [0.29, 0.717) is 5.76 Å². The summed E-state index contributed by atoms with van der Waals surface area (Å²) < 4.78 is 39.9. The number of ether oxygens (including phenoxy) is 4. The molecule has 28 heavy (non-hydrogen) atoms. The minimum Gasteiger partial charge on any atom is -0.483 e. The molecule has 0 bridgehead atoms. The van der Waals surface area contributed by atoms with Gasteiger partial charge in [-0.2, -0.15) is 0 Å². The lowest BCUT2D eigenvalue weighted by molar-refractivity contribution is -0.140. The zero-order valence-electron chi connectivity index (χ0n) is 15.3. The van der Waals surface area contributed by atoms with Crippen molar-refractivity contribution in [3.63, 3.8) is 0 Å². The third-order valence-electron chi connectivity index (χ3n) is 4.01. The second kappa shape index (κ2) is 8.57. The second-order valence-electron chi connectivity index (χ2n) is 5.70. The molecular weight excluding hydrogens is 373 g/mol. The van der Waals surface area contributed by atoms with Gasteiger partial charge in [-0.25, -0.2) is 14.0 Å². The number of nitrogens with zero attached hydrogens (tertiary/aromatic N) is 1. The lowest BCUT2D eigenvalue weighted by Crippen LogP contribution is -2.38. The maximum atomic E-state index is 14.5. The number of halogens is 1. The molecule has 2 heterocycles. The molecule has 1 aromatic carbocycles. The average molecular weight is 391 g/mol. The van der Waals surface area contributed by atoms with E-state index in [1.807, 2.05) is 0 Å². The fourth-order valence-corrected chi connectivity index (χ4v) is 2.67. The van der Waals surface area contributed by atoms with Crippen LogP contribution in [0, 0.1) is 5.82 Å². The van der Waals surface area contributed by atoms with Gasteiger partial charge < -0.3 is 28.3 Å².